The highest BCUT2D eigenvalue weighted by molar-refractivity contribution is 7.89. The minimum absolute atomic E-state index is 0.0206. The lowest BCUT2D eigenvalue weighted by molar-refractivity contribution is -0.120. The number of nitrogens with one attached hydrogen (secondary N) is 1. The molecule has 1 N–H and O–H groups in total. The lowest BCUT2D eigenvalue weighted by atomic mass is 9.98. The van der Waals surface area contributed by atoms with E-state index in [-0.39, 0.29) is 17.5 Å². The number of carbonyl (C=O) groups excluding carboxylic acids is 1. The van der Waals surface area contributed by atoms with Crippen molar-refractivity contribution >= 4 is 21.6 Å². The Hall–Kier alpha value is -2.59. The van der Waals surface area contributed by atoms with Gasteiger partial charge in [-0.1, -0.05) is 0 Å². The summed E-state index contributed by atoms with van der Waals surface area (Å²) in [6.07, 6.45) is 4.27. The Balaban J connectivity index is 1.44. The van der Waals surface area contributed by atoms with E-state index >= 15 is 0 Å². The molecule has 1 atom stereocenters. The maximum absolute atomic E-state index is 12.9. The van der Waals surface area contributed by atoms with E-state index < -0.39 is 15.9 Å². The fraction of sp³-hybridized carbons (Fsp3) is 0.474. The van der Waals surface area contributed by atoms with Crippen LogP contribution in [0.3, 0.4) is 0 Å². The molecule has 10 heteroatoms. The van der Waals surface area contributed by atoms with Gasteiger partial charge in [-0.25, -0.2) is 13.4 Å². The summed E-state index contributed by atoms with van der Waals surface area (Å²) in [5.41, 5.74) is 0.598. The van der Waals surface area contributed by atoms with E-state index in [1.807, 2.05) is 6.92 Å². The lowest BCUT2D eigenvalue weighted by Crippen LogP contribution is -2.43. The Bertz CT molecular complexity index is 1000. The average Bonchev–Trinajstić information content (AvgIpc) is 3.24. The molecule has 1 saturated heterocycles. The third kappa shape index (κ3) is 4.08. The number of piperidine rings is 1. The summed E-state index contributed by atoms with van der Waals surface area (Å²) >= 11 is 0. The Kier molecular flexibility index (Phi) is 5.46. The second kappa shape index (κ2) is 8.03. The molecule has 0 aliphatic carbocycles. The summed E-state index contributed by atoms with van der Waals surface area (Å²) in [5.74, 6) is 0.602. The maximum Gasteiger partial charge on any atom is 0.262 e. The molecule has 1 amide bonds. The van der Waals surface area contributed by atoms with Gasteiger partial charge in [-0.05, 0) is 31.9 Å². The van der Waals surface area contributed by atoms with Crippen LogP contribution in [-0.4, -0.2) is 54.5 Å². The van der Waals surface area contributed by atoms with Crippen molar-refractivity contribution < 1.29 is 22.7 Å². The van der Waals surface area contributed by atoms with Crippen molar-refractivity contribution in [3.63, 3.8) is 0 Å². The highest BCUT2D eigenvalue weighted by atomic mass is 32.2. The Morgan fingerprint density at radius 3 is 2.83 bits per heavy atom. The smallest absolute Gasteiger partial charge is 0.262 e. The molecular formula is C19H24N4O5S. The highest BCUT2D eigenvalue weighted by Crippen LogP contribution is 2.33. The molecule has 0 radical (unpaired) electrons. The van der Waals surface area contributed by atoms with Gasteiger partial charge in [-0.3, -0.25) is 4.79 Å². The molecule has 156 valence electrons. The van der Waals surface area contributed by atoms with Crippen LogP contribution in [0.25, 0.3) is 0 Å². The SMILES string of the molecule is CCn1cnc(S(=O)(=O)N2CCC[C@@H](C(=O)Nc3ccc4c(c3)OCCO4)C2)c1. The molecule has 2 aliphatic heterocycles. The number of carbonyl (C=O) groups is 1. The number of benzene rings is 1. The van der Waals surface area contributed by atoms with Gasteiger partial charge in [0, 0.05) is 37.6 Å². The number of hydrogen-bond acceptors (Lipinski definition) is 6. The lowest BCUT2D eigenvalue weighted by Gasteiger charge is -2.30. The number of aromatic nitrogens is 2. The molecule has 29 heavy (non-hydrogen) atoms. The molecule has 1 aromatic heterocycles. The van der Waals surface area contributed by atoms with Crippen molar-refractivity contribution in [1.29, 1.82) is 0 Å². The van der Waals surface area contributed by atoms with Gasteiger partial charge in [0.2, 0.25) is 5.91 Å². The largest absolute Gasteiger partial charge is 0.486 e. The van der Waals surface area contributed by atoms with Crippen LogP contribution in [0.15, 0.2) is 35.7 Å². The van der Waals surface area contributed by atoms with Crippen molar-refractivity contribution in [2.75, 3.05) is 31.6 Å². The zero-order chi connectivity index (χ0) is 20.4. The third-order valence-corrected chi connectivity index (χ3v) is 6.89. The van der Waals surface area contributed by atoms with Gasteiger partial charge < -0.3 is 19.4 Å². The van der Waals surface area contributed by atoms with Crippen LogP contribution in [0.2, 0.25) is 0 Å². The van der Waals surface area contributed by atoms with Gasteiger partial charge in [0.15, 0.2) is 16.5 Å². The molecule has 0 spiro atoms. The normalized spacial score (nSPS) is 19.7. The van der Waals surface area contributed by atoms with Gasteiger partial charge in [-0.15, -0.1) is 0 Å². The topological polar surface area (TPSA) is 103 Å². The summed E-state index contributed by atoms with van der Waals surface area (Å²) in [5, 5.41) is 2.89. The number of rotatable bonds is 5. The fourth-order valence-electron chi connectivity index (χ4n) is 3.52. The van der Waals surface area contributed by atoms with Gasteiger partial charge in [0.25, 0.3) is 10.0 Å². The monoisotopic (exact) mass is 420 g/mol. The number of hydrogen-bond donors (Lipinski definition) is 1. The van der Waals surface area contributed by atoms with Crippen LogP contribution in [-0.2, 0) is 21.4 Å². The summed E-state index contributed by atoms with van der Waals surface area (Å²) in [7, 11) is -3.72. The first-order chi connectivity index (χ1) is 14.0. The molecule has 0 unspecified atom stereocenters. The first kappa shape index (κ1) is 19.7. The molecule has 3 heterocycles. The number of sulfonamides is 1. The fourth-order valence-corrected chi connectivity index (χ4v) is 4.98. The van der Waals surface area contributed by atoms with Gasteiger partial charge in [0.05, 0.1) is 12.2 Å². The van der Waals surface area contributed by atoms with E-state index in [2.05, 4.69) is 10.3 Å². The maximum atomic E-state index is 12.9. The zero-order valence-electron chi connectivity index (χ0n) is 16.2. The van der Waals surface area contributed by atoms with Crippen LogP contribution in [0, 0.1) is 5.92 Å². The van der Waals surface area contributed by atoms with Crippen molar-refractivity contribution in [2.45, 2.75) is 31.3 Å². The molecule has 2 aliphatic rings. The van der Waals surface area contributed by atoms with Crippen molar-refractivity contribution in [3.8, 4) is 11.5 Å². The van der Waals surface area contributed by atoms with Crippen LogP contribution < -0.4 is 14.8 Å². The predicted octanol–water partition coefficient (Wildman–Crippen LogP) is 1.71. The molecule has 1 fully saturated rings. The average molecular weight is 420 g/mol. The van der Waals surface area contributed by atoms with Gasteiger partial charge in [-0.2, -0.15) is 4.31 Å². The predicted molar refractivity (Wildman–Crippen MR) is 105 cm³/mol. The molecule has 4 rings (SSSR count). The Labute approximate surface area is 169 Å². The van der Waals surface area contributed by atoms with E-state index in [0.717, 1.165) is 0 Å². The summed E-state index contributed by atoms with van der Waals surface area (Å²) in [6, 6.07) is 5.23. The second-order valence-electron chi connectivity index (χ2n) is 7.09. The van der Waals surface area contributed by atoms with Crippen molar-refractivity contribution in [2.24, 2.45) is 5.92 Å². The number of imidazole rings is 1. The summed E-state index contributed by atoms with van der Waals surface area (Å²) in [6.45, 7) is 4.04. The number of fused-ring (bicyclic) bond motifs is 1. The standard InChI is InChI=1S/C19H24N4O5S/c1-2-22-12-18(20-13-22)29(25,26)23-7-3-4-14(11-23)19(24)21-15-5-6-16-17(10-15)28-9-8-27-16/h5-6,10,12-14H,2-4,7-9,11H2,1H3,(H,21,24)/t14-/m1/s1. The van der Waals surface area contributed by atoms with E-state index in [1.54, 1.807) is 22.8 Å². The first-order valence-corrected chi connectivity index (χ1v) is 11.1. The van der Waals surface area contributed by atoms with E-state index in [0.29, 0.717) is 56.3 Å². The van der Waals surface area contributed by atoms with Gasteiger partial charge in [0.1, 0.15) is 13.2 Å². The Morgan fingerprint density at radius 2 is 2.07 bits per heavy atom. The molecule has 1 aromatic carbocycles. The van der Waals surface area contributed by atoms with E-state index in [1.165, 1.54) is 16.8 Å². The Morgan fingerprint density at radius 1 is 1.28 bits per heavy atom. The third-order valence-electron chi connectivity index (χ3n) is 5.14. The number of anilines is 1. The van der Waals surface area contributed by atoms with Crippen LogP contribution in [0.1, 0.15) is 19.8 Å². The summed E-state index contributed by atoms with van der Waals surface area (Å²) in [4.78, 5) is 16.8. The number of amides is 1. The van der Waals surface area contributed by atoms with Crippen molar-refractivity contribution in [1.82, 2.24) is 13.9 Å². The van der Waals surface area contributed by atoms with Gasteiger partial charge >= 0.3 is 0 Å². The molecule has 2 aromatic rings. The second-order valence-corrected chi connectivity index (χ2v) is 8.98. The quantitative estimate of drug-likeness (QED) is 0.790. The molecule has 0 saturated carbocycles. The van der Waals surface area contributed by atoms with Crippen LogP contribution in [0.4, 0.5) is 5.69 Å². The van der Waals surface area contributed by atoms with Crippen LogP contribution >= 0.6 is 0 Å². The number of aryl methyl sites for hydroxylation is 1. The summed E-state index contributed by atoms with van der Waals surface area (Å²) < 4.78 is 39.9. The first-order valence-electron chi connectivity index (χ1n) is 9.70. The molecule has 0 bridgehead atoms. The highest BCUT2D eigenvalue weighted by Gasteiger charge is 2.34. The van der Waals surface area contributed by atoms with Crippen LogP contribution in [0.5, 0.6) is 11.5 Å². The number of nitrogens with zero attached hydrogens (tertiary/aromatic N) is 3. The molecular weight excluding hydrogens is 396 g/mol. The van der Waals surface area contributed by atoms with E-state index in [4.69, 9.17) is 9.47 Å². The van der Waals surface area contributed by atoms with E-state index in [9.17, 15) is 13.2 Å². The number of ether oxygens (including phenoxy) is 2. The zero-order valence-corrected chi connectivity index (χ0v) is 17.0. The minimum atomic E-state index is -3.72. The minimum Gasteiger partial charge on any atom is -0.486 e. The molecule has 9 nitrogen and oxygen atoms in total. The van der Waals surface area contributed by atoms with Crippen molar-refractivity contribution in [3.05, 3.63) is 30.7 Å².